The maximum atomic E-state index is 14.7. The zero-order valence-electron chi connectivity index (χ0n) is 25.9. The fraction of sp³-hybridized carbons (Fsp3) is 0.270. The first kappa shape index (κ1) is 32.6. The van der Waals surface area contributed by atoms with E-state index in [1.807, 2.05) is 45.0 Å². The van der Waals surface area contributed by atoms with Crippen molar-refractivity contribution in [1.29, 1.82) is 0 Å². The Morgan fingerprint density at radius 2 is 1.52 bits per heavy atom. The molecule has 0 aromatic heterocycles. The maximum Gasteiger partial charge on any atom is 0.274 e. The van der Waals surface area contributed by atoms with Gasteiger partial charge in [0.05, 0.1) is 22.4 Å². The highest BCUT2D eigenvalue weighted by Gasteiger charge is 2.58. The third-order valence-corrected chi connectivity index (χ3v) is 8.71. The number of Topliss-reactive ketones (excluding diaryl/α,β-unsaturated/α-hetero) is 1. The molecule has 1 heterocycles. The van der Waals surface area contributed by atoms with Gasteiger partial charge in [-0.1, -0.05) is 116 Å². The van der Waals surface area contributed by atoms with Crippen molar-refractivity contribution >= 4 is 34.9 Å². The third-order valence-electron chi connectivity index (χ3n) is 8.46. The highest BCUT2D eigenvalue weighted by molar-refractivity contribution is 6.30. The molecule has 8 nitrogen and oxygen atoms in total. The van der Waals surface area contributed by atoms with Gasteiger partial charge >= 0.3 is 0 Å². The number of benzene rings is 4. The van der Waals surface area contributed by atoms with Crippen molar-refractivity contribution in [3.8, 4) is 0 Å². The van der Waals surface area contributed by atoms with Gasteiger partial charge in [0.25, 0.3) is 5.69 Å². The summed E-state index contributed by atoms with van der Waals surface area (Å²) in [4.78, 5) is 56.8. The molecule has 0 saturated carbocycles. The Kier molecular flexibility index (Phi) is 9.97. The molecule has 4 aromatic rings. The predicted molar refractivity (Wildman–Crippen MR) is 177 cm³/mol. The Morgan fingerprint density at radius 3 is 2.15 bits per heavy atom. The molecule has 4 atom stereocenters. The molecular weight excluding hydrogens is 602 g/mol. The third kappa shape index (κ3) is 6.87. The smallest absolute Gasteiger partial charge is 0.274 e. The van der Waals surface area contributed by atoms with Gasteiger partial charge < -0.3 is 10.2 Å². The summed E-state index contributed by atoms with van der Waals surface area (Å²) in [6.07, 6.45) is 0.0818. The molecule has 2 amide bonds. The summed E-state index contributed by atoms with van der Waals surface area (Å²) in [5.41, 5.74) is 2.92. The lowest BCUT2D eigenvalue weighted by Crippen LogP contribution is -2.48. The topological polar surface area (TPSA) is 110 Å². The number of nitrogens with zero attached hydrogens (tertiary/aromatic N) is 2. The summed E-state index contributed by atoms with van der Waals surface area (Å²) < 4.78 is 0. The number of amides is 2. The molecule has 0 bridgehead atoms. The number of aryl methyl sites for hydroxylation is 1. The van der Waals surface area contributed by atoms with Gasteiger partial charge in [-0.2, -0.15) is 0 Å². The summed E-state index contributed by atoms with van der Waals surface area (Å²) in [6, 6.07) is 27.1. The molecule has 1 N–H and O–H groups in total. The van der Waals surface area contributed by atoms with E-state index in [4.69, 9.17) is 11.6 Å². The molecule has 4 aromatic carbocycles. The van der Waals surface area contributed by atoms with Crippen LogP contribution in [-0.4, -0.2) is 33.5 Å². The minimum absolute atomic E-state index is 0.0759. The predicted octanol–water partition coefficient (Wildman–Crippen LogP) is 7.45. The van der Waals surface area contributed by atoms with E-state index in [0.717, 1.165) is 11.1 Å². The van der Waals surface area contributed by atoms with E-state index in [-0.39, 0.29) is 41.8 Å². The number of para-hydroxylation sites is 1. The zero-order valence-corrected chi connectivity index (χ0v) is 26.7. The van der Waals surface area contributed by atoms with Gasteiger partial charge in [0.1, 0.15) is 6.04 Å². The van der Waals surface area contributed by atoms with Crippen molar-refractivity contribution in [3.63, 3.8) is 0 Å². The minimum Gasteiger partial charge on any atom is -0.350 e. The SMILES string of the molecule is Cc1ccc(CNC(=O)C2C(c3ccc(Cl)cc3)C(C(=O)c3ccccc3)C(c3ccccc3[N+](=O)[O-])N2C(=O)CC(C)C)cc1. The molecule has 1 fully saturated rings. The molecule has 9 heteroatoms. The average molecular weight is 638 g/mol. The van der Waals surface area contributed by atoms with Gasteiger partial charge in [0.15, 0.2) is 5.78 Å². The average Bonchev–Trinajstić information content (AvgIpc) is 3.40. The number of likely N-dealkylation sites (tertiary alicyclic amines) is 1. The summed E-state index contributed by atoms with van der Waals surface area (Å²) in [7, 11) is 0. The number of nitro groups is 1. The van der Waals surface area contributed by atoms with Crippen molar-refractivity contribution in [2.45, 2.75) is 51.7 Å². The first-order valence-corrected chi connectivity index (χ1v) is 15.7. The van der Waals surface area contributed by atoms with Crippen LogP contribution < -0.4 is 5.32 Å². The Hall–Kier alpha value is -4.82. The van der Waals surface area contributed by atoms with Crippen LogP contribution >= 0.6 is 11.6 Å². The van der Waals surface area contributed by atoms with Crippen molar-refractivity contribution < 1.29 is 19.3 Å². The van der Waals surface area contributed by atoms with Crippen molar-refractivity contribution in [2.75, 3.05) is 0 Å². The zero-order chi connectivity index (χ0) is 33.0. The van der Waals surface area contributed by atoms with E-state index in [1.165, 1.54) is 11.0 Å². The lowest BCUT2D eigenvalue weighted by molar-refractivity contribution is -0.386. The van der Waals surface area contributed by atoms with Crippen molar-refractivity contribution in [2.24, 2.45) is 11.8 Å². The van der Waals surface area contributed by atoms with E-state index in [9.17, 15) is 24.5 Å². The quantitative estimate of drug-likeness (QED) is 0.110. The molecule has 46 heavy (non-hydrogen) atoms. The molecule has 1 aliphatic rings. The van der Waals surface area contributed by atoms with Crippen LogP contribution in [0.25, 0.3) is 0 Å². The van der Waals surface area contributed by atoms with Crippen LogP contribution in [0.4, 0.5) is 5.69 Å². The van der Waals surface area contributed by atoms with E-state index in [2.05, 4.69) is 5.32 Å². The highest BCUT2D eigenvalue weighted by atomic mass is 35.5. The Morgan fingerprint density at radius 1 is 0.891 bits per heavy atom. The van der Waals surface area contributed by atoms with Crippen LogP contribution in [0.2, 0.25) is 5.02 Å². The van der Waals surface area contributed by atoms with Crippen LogP contribution in [0.5, 0.6) is 0 Å². The summed E-state index contributed by atoms with van der Waals surface area (Å²) in [6.45, 7) is 5.96. The second-order valence-electron chi connectivity index (χ2n) is 12.1. The molecule has 0 radical (unpaired) electrons. The summed E-state index contributed by atoms with van der Waals surface area (Å²) in [5.74, 6) is -3.09. The summed E-state index contributed by atoms with van der Waals surface area (Å²) >= 11 is 6.27. The van der Waals surface area contributed by atoms with Gasteiger partial charge in [-0.3, -0.25) is 24.5 Å². The second-order valence-corrected chi connectivity index (χ2v) is 12.6. The van der Waals surface area contributed by atoms with E-state index < -0.39 is 34.7 Å². The van der Waals surface area contributed by atoms with Crippen molar-refractivity contribution in [1.82, 2.24) is 10.2 Å². The van der Waals surface area contributed by atoms with E-state index in [0.29, 0.717) is 16.1 Å². The van der Waals surface area contributed by atoms with Crippen LogP contribution in [0.3, 0.4) is 0 Å². The molecule has 1 saturated heterocycles. The number of nitro benzene ring substituents is 1. The van der Waals surface area contributed by atoms with Gasteiger partial charge in [-0.15, -0.1) is 0 Å². The highest BCUT2D eigenvalue weighted by Crippen LogP contribution is 2.53. The van der Waals surface area contributed by atoms with E-state index >= 15 is 0 Å². The van der Waals surface area contributed by atoms with Crippen LogP contribution in [0.1, 0.15) is 64.8 Å². The molecule has 4 unspecified atom stereocenters. The first-order chi connectivity index (χ1) is 22.1. The van der Waals surface area contributed by atoms with Crippen molar-refractivity contribution in [3.05, 3.63) is 146 Å². The number of ketones is 1. The number of halogens is 1. The largest absolute Gasteiger partial charge is 0.350 e. The lowest BCUT2D eigenvalue weighted by Gasteiger charge is -2.32. The number of nitrogens with one attached hydrogen (secondary N) is 1. The monoisotopic (exact) mass is 637 g/mol. The number of carbonyl (C=O) groups is 3. The number of hydrogen-bond acceptors (Lipinski definition) is 5. The Bertz CT molecular complexity index is 1720. The van der Waals surface area contributed by atoms with Crippen LogP contribution in [0.15, 0.2) is 103 Å². The molecule has 0 aliphatic carbocycles. The molecule has 0 spiro atoms. The van der Waals surface area contributed by atoms with Gasteiger partial charge in [-0.25, -0.2) is 0 Å². The van der Waals surface area contributed by atoms with Gasteiger partial charge in [0, 0.05) is 35.5 Å². The Labute approximate surface area is 273 Å². The summed E-state index contributed by atoms with van der Waals surface area (Å²) in [5, 5.41) is 15.9. The van der Waals surface area contributed by atoms with Gasteiger partial charge in [-0.05, 0) is 36.1 Å². The van der Waals surface area contributed by atoms with E-state index in [1.54, 1.807) is 72.8 Å². The Balaban J connectivity index is 1.74. The molecule has 5 rings (SSSR count). The van der Waals surface area contributed by atoms with Crippen LogP contribution in [0, 0.1) is 28.9 Å². The van der Waals surface area contributed by atoms with Gasteiger partial charge in [0.2, 0.25) is 11.8 Å². The maximum absolute atomic E-state index is 14.7. The first-order valence-electron chi connectivity index (χ1n) is 15.3. The normalized spacial score (nSPS) is 19.2. The fourth-order valence-electron chi connectivity index (χ4n) is 6.39. The standard InChI is InChI=1S/C37H36ClN3O5/c1-23(2)21-31(42)40-34(29-11-7-8-12-30(29)41(45)46)33(36(43)27-9-5-4-6-10-27)32(26-17-19-28(38)20-18-26)35(40)37(44)39-22-25-15-13-24(3)14-16-25/h4-20,23,32-35H,21-22H2,1-3H3,(H,39,44). The number of hydrogen-bond donors (Lipinski definition) is 1. The number of carbonyl (C=O) groups excluding carboxylic acids is 3. The fourth-order valence-corrected chi connectivity index (χ4v) is 6.51. The molecule has 236 valence electrons. The minimum atomic E-state index is -1.15. The lowest BCUT2D eigenvalue weighted by atomic mass is 9.75. The van der Waals surface area contributed by atoms with Crippen LogP contribution in [-0.2, 0) is 16.1 Å². The molecular formula is C37H36ClN3O5. The second kappa shape index (κ2) is 14.1. The number of rotatable bonds is 10. The molecule has 1 aliphatic heterocycles.